The van der Waals surface area contributed by atoms with Gasteiger partial charge >= 0.3 is 0 Å². The molecule has 1 aliphatic rings. The lowest BCUT2D eigenvalue weighted by molar-refractivity contribution is -0.136. The number of carbonyl (C=O) groups excluding carboxylic acids is 2. The second-order valence-electron chi connectivity index (χ2n) is 3.21. The van der Waals surface area contributed by atoms with Crippen LogP contribution in [0.5, 0.6) is 0 Å². The summed E-state index contributed by atoms with van der Waals surface area (Å²) in [6, 6.07) is 0. The number of nitrogens with zero attached hydrogens (tertiary/aromatic N) is 2. The summed E-state index contributed by atoms with van der Waals surface area (Å²) in [5.41, 5.74) is 0. The minimum Gasteiger partial charge on any atom is -0.347 e. The molecule has 1 heterocycles. The van der Waals surface area contributed by atoms with E-state index >= 15 is 0 Å². The number of amides is 2. The lowest BCUT2D eigenvalue weighted by atomic mass is 10.4. The molecule has 0 aromatic carbocycles. The van der Waals surface area contributed by atoms with Gasteiger partial charge in [0, 0.05) is 27.1 Å². The summed E-state index contributed by atoms with van der Waals surface area (Å²) in [5.74, 6) is 0.0930. The largest absolute Gasteiger partial charge is 0.347 e. The molecule has 1 saturated heterocycles. The molecule has 0 aromatic heterocycles. The van der Waals surface area contributed by atoms with E-state index in [0.29, 0.717) is 6.42 Å². The highest BCUT2D eigenvalue weighted by Gasteiger charge is 2.22. The smallest absolute Gasteiger partial charge is 0.241 e. The van der Waals surface area contributed by atoms with E-state index in [1.807, 2.05) is 0 Å². The van der Waals surface area contributed by atoms with E-state index in [9.17, 15) is 9.59 Å². The van der Waals surface area contributed by atoms with Gasteiger partial charge in [0.25, 0.3) is 0 Å². The Labute approximate surface area is 72.1 Å². The van der Waals surface area contributed by atoms with Crippen molar-refractivity contribution >= 4 is 11.8 Å². The maximum atomic E-state index is 11.2. The average Bonchev–Trinajstić information content (AvgIpc) is 2.36. The van der Waals surface area contributed by atoms with Crippen molar-refractivity contribution in [3.8, 4) is 0 Å². The highest BCUT2D eigenvalue weighted by molar-refractivity contribution is 5.85. The Bertz CT molecular complexity index is 201. The van der Waals surface area contributed by atoms with Gasteiger partial charge in [-0.25, -0.2) is 0 Å². The Kier molecular flexibility index (Phi) is 2.68. The third kappa shape index (κ3) is 1.96. The number of rotatable bonds is 2. The molecule has 0 aliphatic carbocycles. The lowest BCUT2D eigenvalue weighted by Crippen LogP contribution is -2.37. The van der Waals surface area contributed by atoms with Crippen LogP contribution < -0.4 is 0 Å². The van der Waals surface area contributed by atoms with Crippen LogP contribution in [0.2, 0.25) is 0 Å². The molecule has 2 amide bonds. The summed E-state index contributed by atoms with van der Waals surface area (Å²) in [7, 11) is 3.39. The van der Waals surface area contributed by atoms with Crippen LogP contribution in [0.1, 0.15) is 12.8 Å². The van der Waals surface area contributed by atoms with Crippen LogP contribution in [-0.2, 0) is 9.59 Å². The zero-order valence-corrected chi connectivity index (χ0v) is 7.54. The van der Waals surface area contributed by atoms with Crippen LogP contribution in [0.25, 0.3) is 0 Å². The van der Waals surface area contributed by atoms with Crippen molar-refractivity contribution < 1.29 is 9.59 Å². The van der Waals surface area contributed by atoms with Crippen molar-refractivity contribution in [2.24, 2.45) is 0 Å². The van der Waals surface area contributed by atoms with E-state index in [2.05, 4.69) is 0 Å². The van der Waals surface area contributed by atoms with Crippen LogP contribution in [-0.4, -0.2) is 48.8 Å². The molecule has 12 heavy (non-hydrogen) atoms. The Morgan fingerprint density at radius 1 is 1.58 bits per heavy atom. The number of hydrogen-bond donors (Lipinski definition) is 0. The standard InChI is InChI=1S/C8H14N2O2/c1-9(2)8(12)6-10-5-3-4-7(10)11/h3-6H2,1-2H3. The first-order valence-electron chi connectivity index (χ1n) is 4.09. The zero-order valence-electron chi connectivity index (χ0n) is 7.54. The predicted octanol–water partition coefficient (Wildman–Crippen LogP) is -0.303. The SMILES string of the molecule is CN(C)C(=O)CN1CCCC1=O. The summed E-state index contributed by atoms with van der Waals surface area (Å²) < 4.78 is 0. The van der Waals surface area contributed by atoms with E-state index in [1.165, 1.54) is 4.90 Å². The van der Waals surface area contributed by atoms with E-state index in [4.69, 9.17) is 0 Å². The molecule has 4 nitrogen and oxygen atoms in total. The first-order valence-corrected chi connectivity index (χ1v) is 4.09. The summed E-state index contributed by atoms with van der Waals surface area (Å²) in [5, 5.41) is 0. The quantitative estimate of drug-likeness (QED) is 0.570. The monoisotopic (exact) mass is 170 g/mol. The van der Waals surface area contributed by atoms with Gasteiger partial charge in [0.15, 0.2) is 0 Å². The van der Waals surface area contributed by atoms with Crippen molar-refractivity contribution in [1.29, 1.82) is 0 Å². The maximum Gasteiger partial charge on any atom is 0.241 e. The summed E-state index contributed by atoms with van der Waals surface area (Å²) in [4.78, 5) is 25.4. The molecule has 1 rings (SSSR count). The first-order chi connectivity index (χ1) is 5.61. The number of carbonyl (C=O) groups is 2. The molecule has 0 N–H and O–H groups in total. The molecule has 4 heteroatoms. The molecule has 0 unspecified atom stereocenters. The topological polar surface area (TPSA) is 40.6 Å². The highest BCUT2D eigenvalue weighted by Crippen LogP contribution is 2.08. The number of likely N-dealkylation sites (N-methyl/N-ethyl adjacent to an activating group) is 1. The van der Waals surface area contributed by atoms with E-state index in [1.54, 1.807) is 19.0 Å². The van der Waals surface area contributed by atoms with Crippen LogP contribution in [0.15, 0.2) is 0 Å². The Morgan fingerprint density at radius 3 is 2.67 bits per heavy atom. The third-order valence-electron chi connectivity index (χ3n) is 2.00. The molecule has 68 valence electrons. The molecule has 0 aromatic rings. The predicted molar refractivity (Wildman–Crippen MR) is 44.5 cm³/mol. The minimum atomic E-state index is -0.00903. The molecule has 0 bridgehead atoms. The van der Waals surface area contributed by atoms with Crippen LogP contribution in [0.4, 0.5) is 0 Å². The fraction of sp³-hybridized carbons (Fsp3) is 0.750. The maximum absolute atomic E-state index is 11.2. The van der Waals surface area contributed by atoms with Gasteiger partial charge in [-0.1, -0.05) is 0 Å². The third-order valence-corrected chi connectivity index (χ3v) is 2.00. The summed E-state index contributed by atoms with van der Waals surface area (Å²) in [6.07, 6.45) is 1.49. The van der Waals surface area contributed by atoms with Crippen LogP contribution >= 0.6 is 0 Å². The Morgan fingerprint density at radius 2 is 2.25 bits per heavy atom. The van der Waals surface area contributed by atoms with Crippen LogP contribution in [0, 0.1) is 0 Å². The van der Waals surface area contributed by atoms with Crippen molar-refractivity contribution in [2.45, 2.75) is 12.8 Å². The van der Waals surface area contributed by atoms with E-state index < -0.39 is 0 Å². The second kappa shape index (κ2) is 3.56. The van der Waals surface area contributed by atoms with E-state index in [0.717, 1.165) is 13.0 Å². The Hall–Kier alpha value is -1.06. The fourth-order valence-electron chi connectivity index (χ4n) is 1.18. The van der Waals surface area contributed by atoms with Gasteiger partial charge in [-0.15, -0.1) is 0 Å². The van der Waals surface area contributed by atoms with Gasteiger partial charge < -0.3 is 9.80 Å². The molecular weight excluding hydrogens is 156 g/mol. The summed E-state index contributed by atoms with van der Waals surface area (Å²) in [6.45, 7) is 0.976. The van der Waals surface area contributed by atoms with Crippen molar-refractivity contribution in [3.05, 3.63) is 0 Å². The molecule has 0 saturated carbocycles. The van der Waals surface area contributed by atoms with Crippen LogP contribution in [0.3, 0.4) is 0 Å². The number of hydrogen-bond acceptors (Lipinski definition) is 2. The minimum absolute atomic E-state index is 0.00903. The lowest BCUT2D eigenvalue weighted by Gasteiger charge is -2.17. The van der Waals surface area contributed by atoms with Gasteiger partial charge in [0.2, 0.25) is 11.8 Å². The zero-order chi connectivity index (χ0) is 9.14. The van der Waals surface area contributed by atoms with Gasteiger partial charge in [-0.3, -0.25) is 9.59 Å². The number of likely N-dealkylation sites (tertiary alicyclic amines) is 1. The van der Waals surface area contributed by atoms with Gasteiger partial charge in [-0.05, 0) is 6.42 Å². The Balaban J connectivity index is 2.40. The molecule has 0 radical (unpaired) electrons. The summed E-state index contributed by atoms with van der Waals surface area (Å²) >= 11 is 0. The van der Waals surface area contributed by atoms with E-state index in [-0.39, 0.29) is 18.4 Å². The average molecular weight is 170 g/mol. The molecule has 1 fully saturated rings. The van der Waals surface area contributed by atoms with Crippen molar-refractivity contribution in [1.82, 2.24) is 9.80 Å². The van der Waals surface area contributed by atoms with Crippen molar-refractivity contribution in [3.63, 3.8) is 0 Å². The molecule has 1 aliphatic heterocycles. The second-order valence-corrected chi connectivity index (χ2v) is 3.21. The molecule has 0 spiro atoms. The molecule has 0 atom stereocenters. The van der Waals surface area contributed by atoms with Crippen molar-refractivity contribution in [2.75, 3.05) is 27.2 Å². The normalized spacial score (nSPS) is 16.8. The molecular formula is C8H14N2O2. The first kappa shape index (κ1) is 9.03. The van der Waals surface area contributed by atoms with Gasteiger partial charge in [0.1, 0.15) is 0 Å². The fourth-order valence-corrected chi connectivity index (χ4v) is 1.18. The highest BCUT2D eigenvalue weighted by atomic mass is 16.2. The van der Waals surface area contributed by atoms with Gasteiger partial charge in [0.05, 0.1) is 6.54 Å². The van der Waals surface area contributed by atoms with Gasteiger partial charge in [-0.2, -0.15) is 0 Å².